The fraction of sp³-hybridized carbons (Fsp3) is 0.333. The average Bonchev–Trinajstić information content (AvgIpc) is 2.77. The second-order valence-corrected chi connectivity index (χ2v) is 6.04. The van der Waals surface area contributed by atoms with E-state index >= 15 is 0 Å². The molecule has 0 radical (unpaired) electrons. The van der Waals surface area contributed by atoms with Gasteiger partial charge in [-0.25, -0.2) is 4.98 Å². The minimum Gasteiger partial charge on any atom is -0.494 e. The van der Waals surface area contributed by atoms with Gasteiger partial charge in [0.05, 0.1) is 35.1 Å². The Kier molecular flexibility index (Phi) is 4.47. The summed E-state index contributed by atoms with van der Waals surface area (Å²) in [6, 6.07) is 5.02. The topological polar surface area (TPSA) is 77.2 Å². The first kappa shape index (κ1) is 15.3. The molecule has 1 atom stereocenters. The number of nitrogen functional groups attached to an aromatic ring is 1. The van der Waals surface area contributed by atoms with E-state index in [1.807, 2.05) is 20.8 Å². The van der Waals surface area contributed by atoms with Gasteiger partial charge in [0.1, 0.15) is 0 Å². The van der Waals surface area contributed by atoms with Crippen molar-refractivity contribution in [3.05, 3.63) is 39.3 Å². The Morgan fingerprint density at radius 2 is 2.14 bits per heavy atom. The van der Waals surface area contributed by atoms with Crippen molar-refractivity contribution in [1.29, 1.82) is 0 Å². The normalized spacial score (nSPS) is 12.0. The Morgan fingerprint density at radius 1 is 1.43 bits per heavy atom. The van der Waals surface area contributed by atoms with Crippen LogP contribution in [0.2, 0.25) is 0 Å². The van der Waals surface area contributed by atoms with E-state index in [0.29, 0.717) is 17.0 Å². The molecule has 1 heterocycles. The quantitative estimate of drug-likeness (QED) is 0.852. The lowest BCUT2D eigenvalue weighted by molar-refractivity contribution is 0.0937. The molecule has 0 spiro atoms. The van der Waals surface area contributed by atoms with Crippen LogP contribution in [0.25, 0.3) is 0 Å². The number of rotatable bonds is 4. The maximum Gasteiger partial charge on any atom is 0.255 e. The zero-order valence-corrected chi connectivity index (χ0v) is 13.4. The highest BCUT2D eigenvalue weighted by Crippen LogP contribution is 2.28. The number of hydrogen-bond donors (Lipinski definition) is 2. The number of amides is 1. The summed E-state index contributed by atoms with van der Waals surface area (Å²) >= 11 is 1.59. The van der Waals surface area contributed by atoms with Crippen molar-refractivity contribution in [3.8, 4) is 5.75 Å². The van der Waals surface area contributed by atoms with Gasteiger partial charge in [0, 0.05) is 4.88 Å². The Labute approximate surface area is 128 Å². The van der Waals surface area contributed by atoms with Gasteiger partial charge in [-0.1, -0.05) is 6.07 Å². The molecule has 1 aromatic heterocycles. The number of carbonyl (C=O) groups is 1. The van der Waals surface area contributed by atoms with Crippen molar-refractivity contribution in [2.24, 2.45) is 0 Å². The number of anilines is 1. The predicted molar refractivity (Wildman–Crippen MR) is 84.9 cm³/mol. The number of thiazole rings is 1. The number of carbonyl (C=O) groups excluding carboxylic acids is 1. The zero-order chi connectivity index (χ0) is 15.6. The SMILES string of the molecule is COc1c(N)cccc1C(=O)NC(C)c1sc(C)nc1C. The van der Waals surface area contributed by atoms with Crippen LogP contribution >= 0.6 is 11.3 Å². The van der Waals surface area contributed by atoms with E-state index in [9.17, 15) is 4.79 Å². The molecule has 1 unspecified atom stereocenters. The van der Waals surface area contributed by atoms with Gasteiger partial charge in [-0.2, -0.15) is 0 Å². The lowest BCUT2D eigenvalue weighted by Gasteiger charge is -2.15. The summed E-state index contributed by atoms with van der Waals surface area (Å²) in [5.74, 6) is 0.191. The third-order valence-corrected chi connectivity index (χ3v) is 4.43. The Bertz CT molecular complexity index is 667. The molecular weight excluding hydrogens is 286 g/mol. The molecule has 1 amide bonds. The van der Waals surface area contributed by atoms with E-state index in [1.54, 1.807) is 29.5 Å². The predicted octanol–water partition coefficient (Wildman–Crippen LogP) is 2.84. The molecule has 21 heavy (non-hydrogen) atoms. The van der Waals surface area contributed by atoms with Crippen LogP contribution in [0.3, 0.4) is 0 Å². The van der Waals surface area contributed by atoms with E-state index in [4.69, 9.17) is 10.5 Å². The van der Waals surface area contributed by atoms with Crippen molar-refractivity contribution in [3.63, 3.8) is 0 Å². The number of hydrogen-bond acceptors (Lipinski definition) is 5. The first-order valence-corrected chi connectivity index (χ1v) is 7.43. The van der Waals surface area contributed by atoms with Crippen molar-refractivity contribution >= 4 is 22.9 Å². The molecular formula is C15H19N3O2S. The van der Waals surface area contributed by atoms with Crippen LogP contribution in [0.15, 0.2) is 18.2 Å². The third-order valence-electron chi connectivity index (χ3n) is 3.17. The molecule has 0 aliphatic rings. The lowest BCUT2D eigenvalue weighted by atomic mass is 10.1. The molecule has 1 aromatic carbocycles. The smallest absolute Gasteiger partial charge is 0.255 e. The van der Waals surface area contributed by atoms with Crippen molar-refractivity contribution in [1.82, 2.24) is 10.3 Å². The van der Waals surface area contributed by atoms with E-state index in [1.165, 1.54) is 7.11 Å². The molecule has 3 N–H and O–H groups in total. The van der Waals surface area contributed by atoms with Gasteiger partial charge < -0.3 is 15.8 Å². The van der Waals surface area contributed by atoms with Crippen LogP contribution in [-0.4, -0.2) is 18.0 Å². The maximum atomic E-state index is 12.4. The average molecular weight is 305 g/mol. The van der Waals surface area contributed by atoms with Crippen molar-refractivity contribution in [2.45, 2.75) is 26.8 Å². The van der Waals surface area contributed by atoms with E-state index in [2.05, 4.69) is 10.3 Å². The summed E-state index contributed by atoms with van der Waals surface area (Å²) in [6.45, 7) is 5.84. The molecule has 2 rings (SSSR count). The van der Waals surface area contributed by atoms with E-state index in [0.717, 1.165) is 15.6 Å². The Balaban J connectivity index is 2.22. The molecule has 2 aromatic rings. The molecule has 0 saturated carbocycles. The van der Waals surface area contributed by atoms with Crippen molar-refractivity contribution in [2.75, 3.05) is 12.8 Å². The van der Waals surface area contributed by atoms with Crippen molar-refractivity contribution < 1.29 is 9.53 Å². The standard InChI is InChI=1S/C15H19N3O2S/c1-8-14(21-10(3)17-8)9(2)18-15(19)11-6-5-7-12(16)13(11)20-4/h5-7,9H,16H2,1-4H3,(H,18,19). The van der Waals surface area contributed by atoms with Crippen LogP contribution in [0, 0.1) is 13.8 Å². The molecule has 0 saturated heterocycles. The zero-order valence-electron chi connectivity index (χ0n) is 12.6. The largest absolute Gasteiger partial charge is 0.494 e. The number of benzene rings is 1. The number of aryl methyl sites for hydroxylation is 2. The van der Waals surface area contributed by atoms with Crippen LogP contribution in [0.4, 0.5) is 5.69 Å². The second kappa shape index (κ2) is 6.13. The Morgan fingerprint density at radius 3 is 2.71 bits per heavy atom. The van der Waals surface area contributed by atoms with Gasteiger partial charge in [-0.05, 0) is 32.9 Å². The summed E-state index contributed by atoms with van der Waals surface area (Å²) in [6.07, 6.45) is 0. The molecule has 112 valence electrons. The molecule has 0 fully saturated rings. The minimum absolute atomic E-state index is 0.116. The number of ether oxygens (including phenoxy) is 1. The minimum atomic E-state index is -0.211. The first-order chi connectivity index (χ1) is 9.93. The number of nitrogens with zero attached hydrogens (tertiary/aromatic N) is 1. The van der Waals surface area contributed by atoms with Gasteiger partial charge in [0.15, 0.2) is 5.75 Å². The number of nitrogens with two attached hydrogens (primary N) is 1. The molecule has 0 bridgehead atoms. The first-order valence-electron chi connectivity index (χ1n) is 6.61. The number of aromatic nitrogens is 1. The second-order valence-electron chi connectivity index (χ2n) is 4.81. The van der Waals surface area contributed by atoms with Gasteiger partial charge in [-0.3, -0.25) is 4.79 Å². The van der Waals surface area contributed by atoms with E-state index in [-0.39, 0.29) is 11.9 Å². The van der Waals surface area contributed by atoms with Gasteiger partial charge >= 0.3 is 0 Å². The van der Waals surface area contributed by atoms with Crippen LogP contribution in [-0.2, 0) is 0 Å². The fourth-order valence-electron chi connectivity index (χ4n) is 2.25. The molecule has 0 aliphatic heterocycles. The molecule has 5 nitrogen and oxygen atoms in total. The third kappa shape index (κ3) is 3.16. The molecule has 6 heteroatoms. The lowest BCUT2D eigenvalue weighted by Crippen LogP contribution is -2.27. The van der Waals surface area contributed by atoms with Gasteiger partial charge in [0.2, 0.25) is 0 Å². The number of para-hydroxylation sites is 1. The summed E-state index contributed by atoms with van der Waals surface area (Å²) in [4.78, 5) is 17.9. The van der Waals surface area contributed by atoms with Crippen LogP contribution in [0.5, 0.6) is 5.75 Å². The highest BCUT2D eigenvalue weighted by Gasteiger charge is 2.19. The summed E-state index contributed by atoms with van der Waals surface area (Å²) in [5, 5.41) is 3.96. The maximum absolute atomic E-state index is 12.4. The summed E-state index contributed by atoms with van der Waals surface area (Å²) in [5.41, 5.74) is 7.66. The van der Waals surface area contributed by atoms with Crippen LogP contribution < -0.4 is 15.8 Å². The fourth-order valence-corrected chi connectivity index (χ4v) is 3.18. The molecule has 0 aliphatic carbocycles. The monoisotopic (exact) mass is 305 g/mol. The highest BCUT2D eigenvalue weighted by molar-refractivity contribution is 7.11. The van der Waals surface area contributed by atoms with Gasteiger partial charge in [0.25, 0.3) is 5.91 Å². The Hall–Kier alpha value is -2.08. The van der Waals surface area contributed by atoms with Gasteiger partial charge in [-0.15, -0.1) is 11.3 Å². The van der Waals surface area contributed by atoms with E-state index < -0.39 is 0 Å². The number of nitrogens with one attached hydrogen (secondary N) is 1. The van der Waals surface area contributed by atoms with Crippen LogP contribution in [0.1, 0.15) is 38.9 Å². The summed E-state index contributed by atoms with van der Waals surface area (Å²) < 4.78 is 5.22. The number of methoxy groups -OCH3 is 1. The summed E-state index contributed by atoms with van der Waals surface area (Å²) in [7, 11) is 1.50. The highest BCUT2D eigenvalue weighted by atomic mass is 32.1.